The molecule has 0 unspecified atom stereocenters. The van der Waals surface area contributed by atoms with E-state index in [1.165, 1.54) is 0 Å². The van der Waals surface area contributed by atoms with E-state index < -0.39 is 51.2 Å². The van der Waals surface area contributed by atoms with Crippen LogP contribution < -0.4 is 10.9 Å². The van der Waals surface area contributed by atoms with E-state index in [9.17, 15) is 41.6 Å². The molecule has 4 N–H and O–H groups in total. The lowest BCUT2D eigenvalue weighted by Gasteiger charge is -2.13. The molecule has 0 radical (unpaired) electrons. The number of nitrogens with zero attached hydrogens (tertiary/aromatic N) is 2. The average molecular weight is 434 g/mol. The van der Waals surface area contributed by atoms with Crippen LogP contribution in [0.2, 0.25) is 0 Å². The lowest BCUT2D eigenvalue weighted by atomic mass is 10.2. The van der Waals surface area contributed by atoms with Crippen LogP contribution in [0.4, 0.5) is 22.7 Å². The molecule has 0 atom stereocenters. The van der Waals surface area contributed by atoms with E-state index in [1.54, 1.807) is 0 Å². The van der Waals surface area contributed by atoms with Crippen molar-refractivity contribution in [3.8, 4) is 0 Å². The van der Waals surface area contributed by atoms with Crippen molar-refractivity contribution in [3.05, 3.63) is 56.6 Å². The maximum absolute atomic E-state index is 11.4. The van der Waals surface area contributed by atoms with Crippen LogP contribution in [-0.4, -0.2) is 35.8 Å². The second-order valence-electron chi connectivity index (χ2n) is 5.07. The van der Waals surface area contributed by atoms with E-state index in [1.807, 2.05) is 0 Å². The number of hydrazine groups is 1. The molecule has 16 heteroatoms. The first kappa shape index (κ1) is 21.0. The SMILES string of the molecule is O=[N+]([O-])c1ccc(NNc2ccc(S(=O)(=O)O)cc2[N+](=O)[O-])c(S(=O)(=O)O)c1. The molecule has 0 aliphatic heterocycles. The third-order valence-corrected chi connectivity index (χ3v) is 4.99. The predicted octanol–water partition coefficient (Wildman–Crippen LogP) is 1.44. The van der Waals surface area contributed by atoms with E-state index in [0.717, 1.165) is 24.3 Å². The normalized spacial score (nSPS) is 11.6. The number of hydrogen-bond acceptors (Lipinski definition) is 10. The van der Waals surface area contributed by atoms with Crippen LogP contribution in [0.1, 0.15) is 0 Å². The van der Waals surface area contributed by atoms with Gasteiger partial charge in [0.2, 0.25) is 0 Å². The Morgan fingerprint density at radius 2 is 1.36 bits per heavy atom. The summed E-state index contributed by atoms with van der Waals surface area (Å²) >= 11 is 0. The van der Waals surface area contributed by atoms with Gasteiger partial charge >= 0.3 is 0 Å². The van der Waals surface area contributed by atoms with Gasteiger partial charge in [-0.25, -0.2) is 0 Å². The summed E-state index contributed by atoms with van der Waals surface area (Å²) in [5, 5.41) is 21.9. The first-order chi connectivity index (χ1) is 12.8. The summed E-state index contributed by atoms with van der Waals surface area (Å²) in [6.07, 6.45) is 0. The molecular formula is C12H10N4O10S2. The first-order valence-corrected chi connectivity index (χ1v) is 9.72. The summed E-state index contributed by atoms with van der Waals surface area (Å²) in [6, 6.07) is 4.70. The lowest BCUT2D eigenvalue weighted by Crippen LogP contribution is -2.14. The number of anilines is 2. The van der Waals surface area contributed by atoms with Gasteiger partial charge in [-0.05, 0) is 18.2 Å². The number of hydrogen-bond donors (Lipinski definition) is 4. The fourth-order valence-corrected chi connectivity index (χ4v) is 3.17. The maximum Gasteiger partial charge on any atom is 0.296 e. The Hall–Kier alpha value is -3.34. The highest BCUT2D eigenvalue weighted by Gasteiger charge is 2.22. The molecule has 0 heterocycles. The van der Waals surface area contributed by atoms with Crippen LogP contribution >= 0.6 is 0 Å². The van der Waals surface area contributed by atoms with Crippen molar-refractivity contribution in [2.45, 2.75) is 9.79 Å². The quantitative estimate of drug-likeness (QED) is 0.276. The van der Waals surface area contributed by atoms with E-state index in [4.69, 9.17) is 4.55 Å². The third kappa shape index (κ3) is 4.68. The fraction of sp³-hybridized carbons (Fsp3) is 0. The molecule has 0 aliphatic rings. The summed E-state index contributed by atoms with van der Waals surface area (Å²) in [7, 11) is -9.61. The lowest BCUT2D eigenvalue weighted by molar-refractivity contribution is -0.385. The zero-order chi connectivity index (χ0) is 21.3. The van der Waals surface area contributed by atoms with E-state index in [2.05, 4.69) is 10.9 Å². The van der Waals surface area contributed by atoms with Crippen molar-refractivity contribution in [1.82, 2.24) is 0 Å². The van der Waals surface area contributed by atoms with Gasteiger partial charge in [0, 0.05) is 18.2 Å². The summed E-state index contributed by atoms with van der Waals surface area (Å²) in [6.45, 7) is 0. The molecule has 0 saturated carbocycles. The summed E-state index contributed by atoms with van der Waals surface area (Å²) in [4.78, 5) is 18.4. The average Bonchev–Trinajstić information content (AvgIpc) is 2.57. The summed E-state index contributed by atoms with van der Waals surface area (Å²) in [5.41, 5.74) is 2.31. The topological polar surface area (TPSA) is 219 Å². The van der Waals surface area contributed by atoms with Crippen molar-refractivity contribution >= 4 is 43.0 Å². The minimum atomic E-state index is -4.90. The minimum absolute atomic E-state index is 0.336. The third-order valence-electron chi connectivity index (χ3n) is 3.25. The fourth-order valence-electron chi connectivity index (χ4n) is 2.00. The van der Waals surface area contributed by atoms with E-state index >= 15 is 0 Å². The minimum Gasteiger partial charge on any atom is -0.299 e. The number of nitro groups is 2. The Morgan fingerprint density at radius 3 is 1.86 bits per heavy atom. The molecular weight excluding hydrogens is 424 g/mol. The van der Waals surface area contributed by atoms with E-state index in [-0.39, 0.29) is 11.4 Å². The van der Waals surface area contributed by atoms with Gasteiger partial charge in [0.25, 0.3) is 31.6 Å². The second-order valence-corrected chi connectivity index (χ2v) is 7.89. The second kappa shape index (κ2) is 7.35. The highest BCUT2D eigenvalue weighted by Crippen LogP contribution is 2.30. The molecule has 0 spiro atoms. The molecule has 2 aromatic rings. The first-order valence-electron chi connectivity index (χ1n) is 6.84. The standard InChI is InChI=1S/C12H10N4O10S2/c17-15(18)7-1-3-10(12(5-7)28(24,25)26)14-13-9-4-2-8(27(21,22)23)6-11(9)16(19)20/h1-6,13-14H,(H,21,22,23)(H,24,25,26). The van der Waals surface area contributed by atoms with Crippen molar-refractivity contribution < 1.29 is 35.8 Å². The molecule has 14 nitrogen and oxygen atoms in total. The number of non-ortho nitro benzene ring substituents is 1. The van der Waals surface area contributed by atoms with Crippen LogP contribution in [-0.2, 0) is 20.2 Å². The Kier molecular flexibility index (Phi) is 5.50. The maximum atomic E-state index is 11.4. The molecule has 28 heavy (non-hydrogen) atoms. The Morgan fingerprint density at radius 1 is 0.786 bits per heavy atom. The van der Waals surface area contributed by atoms with Gasteiger partial charge in [-0.2, -0.15) is 16.8 Å². The Bertz CT molecular complexity index is 1180. The molecule has 2 rings (SSSR count). The van der Waals surface area contributed by atoms with Gasteiger partial charge in [0.1, 0.15) is 15.5 Å². The van der Waals surface area contributed by atoms with Crippen molar-refractivity contribution in [2.24, 2.45) is 0 Å². The highest BCUT2D eigenvalue weighted by molar-refractivity contribution is 7.86. The summed E-state index contributed by atoms with van der Waals surface area (Å²) < 4.78 is 63.2. The predicted molar refractivity (Wildman–Crippen MR) is 93.1 cm³/mol. The number of rotatable bonds is 7. The van der Waals surface area contributed by atoms with Gasteiger partial charge in [0.15, 0.2) is 0 Å². The van der Waals surface area contributed by atoms with Crippen molar-refractivity contribution in [2.75, 3.05) is 10.9 Å². The molecule has 0 aliphatic carbocycles. The van der Waals surface area contributed by atoms with Crippen LogP contribution in [0.5, 0.6) is 0 Å². The van der Waals surface area contributed by atoms with Crippen molar-refractivity contribution in [3.63, 3.8) is 0 Å². The summed E-state index contributed by atoms with van der Waals surface area (Å²) in [5.74, 6) is 0. The molecule has 0 saturated heterocycles. The number of nitro benzene ring substituents is 2. The van der Waals surface area contributed by atoms with Gasteiger partial charge < -0.3 is 0 Å². The van der Waals surface area contributed by atoms with E-state index in [0.29, 0.717) is 12.1 Å². The monoisotopic (exact) mass is 434 g/mol. The highest BCUT2D eigenvalue weighted by atomic mass is 32.2. The molecule has 150 valence electrons. The van der Waals surface area contributed by atoms with Gasteiger partial charge in [-0.3, -0.25) is 40.2 Å². The largest absolute Gasteiger partial charge is 0.299 e. The zero-order valence-electron chi connectivity index (χ0n) is 13.3. The van der Waals surface area contributed by atoms with Gasteiger partial charge in [-0.1, -0.05) is 0 Å². The molecule has 0 aromatic heterocycles. The molecule has 2 aromatic carbocycles. The molecule has 0 amide bonds. The van der Waals surface area contributed by atoms with Crippen molar-refractivity contribution in [1.29, 1.82) is 0 Å². The molecule has 0 bridgehead atoms. The molecule has 0 fully saturated rings. The Balaban J connectivity index is 2.44. The number of benzene rings is 2. The van der Waals surface area contributed by atoms with Crippen LogP contribution in [0.15, 0.2) is 46.2 Å². The van der Waals surface area contributed by atoms with Crippen LogP contribution in [0, 0.1) is 20.2 Å². The Labute approximate surface area is 156 Å². The van der Waals surface area contributed by atoms with Gasteiger partial charge in [0.05, 0.1) is 15.5 Å². The zero-order valence-corrected chi connectivity index (χ0v) is 15.0. The van der Waals surface area contributed by atoms with Crippen LogP contribution in [0.3, 0.4) is 0 Å². The number of nitrogens with one attached hydrogen (secondary N) is 2. The smallest absolute Gasteiger partial charge is 0.296 e. The van der Waals surface area contributed by atoms with Crippen LogP contribution in [0.25, 0.3) is 0 Å². The van der Waals surface area contributed by atoms with Gasteiger partial charge in [-0.15, -0.1) is 0 Å².